The van der Waals surface area contributed by atoms with Gasteiger partial charge in [-0.05, 0) is 12.1 Å². The molecule has 0 saturated heterocycles. The zero-order valence-electron chi connectivity index (χ0n) is 5.47. The molecule has 0 heterocycles. The second-order valence-corrected chi connectivity index (χ2v) is 1.75. The van der Waals surface area contributed by atoms with E-state index < -0.39 is 11.6 Å². The van der Waals surface area contributed by atoms with Gasteiger partial charge in [-0.3, -0.25) is 5.84 Å². The van der Waals surface area contributed by atoms with Crippen molar-refractivity contribution in [1.82, 2.24) is 0 Å². The summed E-state index contributed by atoms with van der Waals surface area (Å²) in [5.41, 5.74) is 1.98. The topological polar surface area (TPSA) is 38.0 Å². The number of hydrazine groups is 1. The lowest BCUT2D eigenvalue weighted by Gasteiger charge is -1.99. The van der Waals surface area contributed by atoms with Crippen LogP contribution >= 0.6 is 17.0 Å². The summed E-state index contributed by atoms with van der Waals surface area (Å²) in [5, 5.41) is 0. The fourth-order valence-corrected chi connectivity index (χ4v) is 0.615. The largest absolute Gasteiger partial charge is 0.321 e. The van der Waals surface area contributed by atoms with Crippen LogP contribution in [-0.2, 0) is 0 Å². The Morgan fingerprint density at radius 2 is 1.91 bits per heavy atom. The highest BCUT2D eigenvalue weighted by Crippen LogP contribution is 2.14. The van der Waals surface area contributed by atoms with Gasteiger partial charge in [0.1, 0.15) is 0 Å². The molecule has 1 aromatic rings. The van der Waals surface area contributed by atoms with Gasteiger partial charge in [-0.2, -0.15) is 0 Å². The molecule has 0 spiro atoms. The second-order valence-electron chi connectivity index (χ2n) is 1.75. The molecular formula is C6H7BrF2N2. The first-order valence-corrected chi connectivity index (χ1v) is 2.66. The Morgan fingerprint density at radius 1 is 1.27 bits per heavy atom. The normalized spacial score (nSPS) is 8.64. The smallest absolute Gasteiger partial charge is 0.183 e. The Labute approximate surface area is 73.1 Å². The molecule has 0 aliphatic carbocycles. The minimum Gasteiger partial charge on any atom is -0.321 e. The predicted molar refractivity (Wildman–Crippen MR) is 44.5 cm³/mol. The standard InChI is InChI=1S/C6H6F2N2.BrH/c7-4-2-1-3-5(10-9)6(4)8;/h1-3,10H,9H2;1H. The molecule has 2 nitrogen and oxygen atoms in total. The van der Waals surface area contributed by atoms with E-state index in [-0.39, 0.29) is 22.7 Å². The zero-order valence-corrected chi connectivity index (χ0v) is 7.19. The molecule has 5 heteroatoms. The first-order chi connectivity index (χ1) is 4.75. The maximum absolute atomic E-state index is 12.5. The number of anilines is 1. The molecule has 0 aromatic heterocycles. The fraction of sp³-hybridized carbons (Fsp3) is 0. The highest BCUT2D eigenvalue weighted by Gasteiger charge is 2.04. The van der Waals surface area contributed by atoms with Crippen LogP contribution in [0.25, 0.3) is 0 Å². The van der Waals surface area contributed by atoms with Crippen LogP contribution in [0.1, 0.15) is 0 Å². The molecule has 0 radical (unpaired) electrons. The van der Waals surface area contributed by atoms with Crippen LogP contribution in [0.5, 0.6) is 0 Å². The third-order valence-corrected chi connectivity index (χ3v) is 1.11. The number of halogens is 3. The molecular weight excluding hydrogens is 218 g/mol. The van der Waals surface area contributed by atoms with Crippen molar-refractivity contribution in [1.29, 1.82) is 0 Å². The van der Waals surface area contributed by atoms with E-state index in [1.54, 1.807) is 0 Å². The third kappa shape index (κ3) is 2.13. The van der Waals surface area contributed by atoms with Gasteiger partial charge < -0.3 is 5.43 Å². The lowest BCUT2D eigenvalue weighted by Crippen LogP contribution is -2.09. The number of nitrogens with one attached hydrogen (secondary N) is 1. The van der Waals surface area contributed by atoms with E-state index in [1.807, 2.05) is 5.43 Å². The van der Waals surface area contributed by atoms with Crippen LogP contribution in [0.3, 0.4) is 0 Å². The van der Waals surface area contributed by atoms with Crippen molar-refractivity contribution in [3.63, 3.8) is 0 Å². The number of benzene rings is 1. The summed E-state index contributed by atoms with van der Waals surface area (Å²) in [6, 6.07) is 3.74. The van der Waals surface area contributed by atoms with E-state index in [9.17, 15) is 8.78 Å². The summed E-state index contributed by atoms with van der Waals surface area (Å²) in [5.74, 6) is 3.00. The summed E-state index contributed by atoms with van der Waals surface area (Å²) < 4.78 is 24.8. The monoisotopic (exact) mass is 224 g/mol. The van der Waals surface area contributed by atoms with Gasteiger partial charge in [0.25, 0.3) is 0 Å². The van der Waals surface area contributed by atoms with Gasteiger partial charge in [-0.1, -0.05) is 6.07 Å². The number of nitrogen functional groups attached to an aromatic ring is 1. The summed E-state index contributed by atoms with van der Waals surface area (Å²) in [6.45, 7) is 0. The van der Waals surface area contributed by atoms with E-state index in [0.29, 0.717) is 0 Å². The number of hydrogen-bond acceptors (Lipinski definition) is 2. The van der Waals surface area contributed by atoms with E-state index in [1.165, 1.54) is 12.1 Å². The van der Waals surface area contributed by atoms with Crippen LogP contribution in [0.4, 0.5) is 14.5 Å². The number of rotatable bonds is 1. The Morgan fingerprint density at radius 3 is 2.36 bits per heavy atom. The number of nitrogens with two attached hydrogens (primary N) is 1. The molecule has 1 rings (SSSR count). The Balaban J connectivity index is 0.000001000. The van der Waals surface area contributed by atoms with Crippen molar-refractivity contribution in [3.05, 3.63) is 29.8 Å². The average molecular weight is 225 g/mol. The molecule has 62 valence electrons. The highest BCUT2D eigenvalue weighted by molar-refractivity contribution is 8.93. The summed E-state index contributed by atoms with van der Waals surface area (Å²) in [7, 11) is 0. The van der Waals surface area contributed by atoms with Gasteiger partial charge in [-0.15, -0.1) is 17.0 Å². The van der Waals surface area contributed by atoms with Crippen molar-refractivity contribution in [2.24, 2.45) is 5.84 Å². The minimum atomic E-state index is -0.954. The van der Waals surface area contributed by atoms with Gasteiger partial charge in [0.2, 0.25) is 0 Å². The SMILES string of the molecule is Br.NNc1cccc(F)c1F. The fourth-order valence-electron chi connectivity index (χ4n) is 0.615. The van der Waals surface area contributed by atoms with Crippen LogP contribution in [0, 0.1) is 11.6 Å². The van der Waals surface area contributed by atoms with Crippen molar-refractivity contribution < 1.29 is 8.78 Å². The van der Waals surface area contributed by atoms with Crippen molar-refractivity contribution in [2.75, 3.05) is 5.43 Å². The maximum atomic E-state index is 12.5. The van der Waals surface area contributed by atoms with Gasteiger partial charge >= 0.3 is 0 Å². The lowest BCUT2D eigenvalue weighted by molar-refractivity contribution is 0.511. The predicted octanol–water partition coefficient (Wildman–Crippen LogP) is 1.83. The van der Waals surface area contributed by atoms with Crippen molar-refractivity contribution >= 4 is 22.7 Å². The Kier molecular flexibility index (Phi) is 3.99. The second kappa shape index (κ2) is 4.25. The quantitative estimate of drug-likeness (QED) is 0.565. The first-order valence-electron chi connectivity index (χ1n) is 2.66. The van der Waals surface area contributed by atoms with Crippen LogP contribution < -0.4 is 11.3 Å². The molecule has 0 unspecified atom stereocenters. The van der Waals surface area contributed by atoms with Gasteiger partial charge in [0.05, 0.1) is 5.69 Å². The molecule has 0 atom stereocenters. The van der Waals surface area contributed by atoms with E-state index in [4.69, 9.17) is 5.84 Å². The Hall–Kier alpha value is -0.680. The van der Waals surface area contributed by atoms with Gasteiger partial charge in [0, 0.05) is 0 Å². The molecule has 0 amide bonds. The molecule has 11 heavy (non-hydrogen) atoms. The molecule has 0 bridgehead atoms. The lowest BCUT2D eigenvalue weighted by atomic mass is 10.3. The zero-order chi connectivity index (χ0) is 7.56. The summed E-state index contributed by atoms with van der Waals surface area (Å²) >= 11 is 0. The van der Waals surface area contributed by atoms with Gasteiger partial charge in [-0.25, -0.2) is 8.78 Å². The Bertz CT molecular complexity index is 242. The van der Waals surface area contributed by atoms with Crippen molar-refractivity contribution in [3.8, 4) is 0 Å². The molecule has 0 saturated carbocycles. The van der Waals surface area contributed by atoms with Crippen LogP contribution in [0.15, 0.2) is 18.2 Å². The van der Waals surface area contributed by atoms with Crippen LogP contribution in [-0.4, -0.2) is 0 Å². The van der Waals surface area contributed by atoms with Gasteiger partial charge in [0.15, 0.2) is 11.6 Å². The third-order valence-electron chi connectivity index (χ3n) is 1.11. The van der Waals surface area contributed by atoms with Crippen LogP contribution in [0.2, 0.25) is 0 Å². The first kappa shape index (κ1) is 10.3. The highest BCUT2D eigenvalue weighted by atomic mass is 79.9. The maximum Gasteiger partial charge on any atom is 0.183 e. The number of hydrogen-bond donors (Lipinski definition) is 2. The van der Waals surface area contributed by atoms with E-state index >= 15 is 0 Å². The molecule has 0 aliphatic heterocycles. The average Bonchev–Trinajstić information content (AvgIpc) is 1.95. The summed E-state index contributed by atoms with van der Waals surface area (Å²) in [4.78, 5) is 0. The van der Waals surface area contributed by atoms with E-state index in [0.717, 1.165) is 6.07 Å². The van der Waals surface area contributed by atoms with Crippen molar-refractivity contribution in [2.45, 2.75) is 0 Å². The summed E-state index contributed by atoms with van der Waals surface area (Å²) in [6.07, 6.45) is 0. The van der Waals surface area contributed by atoms with E-state index in [2.05, 4.69) is 0 Å². The molecule has 1 aromatic carbocycles. The molecule has 0 fully saturated rings. The minimum absolute atomic E-state index is 0. The molecule has 3 N–H and O–H groups in total. The molecule has 0 aliphatic rings.